The van der Waals surface area contributed by atoms with E-state index in [-0.39, 0.29) is 5.69 Å². The highest BCUT2D eigenvalue weighted by Gasteiger charge is 2.38. The van der Waals surface area contributed by atoms with Crippen molar-refractivity contribution in [3.05, 3.63) is 79.0 Å². The number of halogens is 3. The first-order valence-electron chi connectivity index (χ1n) is 8.69. The van der Waals surface area contributed by atoms with E-state index in [1.807, 2.05) is 36.4 Å². The maximum Gasteiger partial charge on any atom is 0.417 e. The van der Waals surface area contributed by atoms with Gasteiger partial charge in [0, 0.05) is 17.9 Å². The minimum Gasteiger partial charge on any atom is -0.279 e. The van der Waals surface area contributed by atoms with Gasteiger partial charge >= 0.3 is 6.18 Å². The second-order valence-corrected chi connectivity index (χ2v) is 6.63. The van der Waals surface area contributed by atoms with Gasteiger partial charge in [0.05, 0.1) is 16.8 Å². The molecule has 0 aliphatic rings. The van der Waals surface area contributed by atoms with Crippen LogP contribution in [0.1, 0.15) is 17.4 Å². The van der Waals surface area contributed by atoms with Gasteiger partial charge in [0.25, 0.3) is 0 Å². The summed E-state index contributed by atoms with van der Waals surface area (Å²) < 4.78 is 42.0. The fraction of sp³-hybridized carbons (Fsp3) is 0.0870. The molecule has 3 aromatic carbocycles. The van der Waals surface area contributed by atoms with Gasteiger partial charge in [-0.15, -0.1) is 0 Å². The highest BCUT2D eigenvalue weighted by atomic mass is 19.4. The third-order valence-corrected chi connectivity index (χ3v) is 4.86. The zero-order valence-electron chi connectivity index (χ0n) is 15.0. The smallest absolute Gasteiger partial charge is 0.279 e. The summed E-state index contributed by atoms with van der Waals surface area (Å²) in [7, 11) is 0. The van der Waals surface area contributed by atoms with Crippen molar-refractivity contribution in [2.45, 2.75) is 13.1 Å². The number of nitrogens with zero attached hydrogens (tertiary/aromatic N) is 1. The van der Waals surface area contributed by atoms with Crippen LogP contribution < -0.4 is 0 Å². The van der Waals surface area contributed by atoms with Crippen LogP contribution in [-0.4, -0.2) is 16.7 Å². The largest absolute Gasteiger partial charge is 0.417 e. The average Bonchev–Trinajstić information content (AvgIpc) is 3.01. The summed E-state index contributed by atoms with van der Waals surface area (Å²) in [5, 5.41) is 2.47. The van der Waals surface area contributed by atoms with Crippen LogP contribution in [0.4, 0.5) is 13.2 Å². The van der Waals surface area contributed by atoms with Crippen molar-refractivity contribution < 1.29 is 18.0 Å². The lowest BCUT2D eigenvalue weighted by atomic mass is 9.96. The molecule has 1 heterocycles. The monoisotopic (exact) mass is 379 g/mol. The van der Waals surface area contributed by atoms with Gasteiger partial charge in [0.2, 0.25) is 5.91 Å². The molecule has 28 heavy (non-hydrogen) atoms. The van der Waals surface area contributed by atoms with Crippen molar-refractivity contribution in [1.82, 2.24) is 4.57 Å². The Kier molecular flexibility index (Phi) is 4.11. The molecular formula is C23H16F3NO. The highest BCUT2D eigenvalue weighted by molar-refractivity contribution is 6.08. The summed E-state index contributed by atoms with van der Waals surface area (Å²) >= 11 is 0. The lowest BCUT2D eigenvalue weighted by molar-refractivity contribution is -0.0689. The minimum atomic E-state index is -4.66. The molecule has 0 radical (unpaired) electrons. The molecule has 1 aromatic heterocycles. The number of allylic oxidation sites excluding steroid dienone is 1. The summed E-state index contributed by atoms with van der Waals surface area (Å²) in [6.07, 6.45) is -4.66. The maximum absolute atomic E-state index is 13.6. The molecule has 0 amide bonds. The molecule has 0 spiro atoms. The Morgan fingerprint density at radius 2 is 1.57 bits per heavy atom. The van der Waals surface area contributed by atoms with E-state index < -0.39 is 17.7 Å². The number of carbonyl (C=O) groups is 1. The number of alkyl halides is 3. The van der Waals surface area contributed by atoms with Crippen LogP contribution in [0.25, 0.3) is 38.4 Å². The zero-order chi connectivity index (χ0) is 20.1. The van der Waals surface area contributed by atoms with Crippen LogP contribution in [0.2, 0.25) is 0 Å². The number of carbonyl (C=O) groups excluding carboxylic acids is 1. The standard InChI is InChI=1S/C23H16F3NO/c1-14(23(24,25)26)22-21(18-12-11-16-7-3-4-8-17(16)13-18)19-9-5-6-10-20(19)27(22)15(2)28/h3-13H,1H2,2H3. The van der Waals surface area contributed by atoms with Crippen molar-refractivity contribution in [3.8, 4) is 11.1 Å². The Bertz CT molecular complexity index is 1250. The van der Waals surface area contributed by atoms with Crippen LogP contribution in [-0.2, 0) is 0 Å². The van der Waals surface area contributed by atoms with E-state index in [0.29, 0.717) is 22.0 Å². The Hall–Kier alpha value is -3.34. The summed E-state index contributed by atoms with van der Waals surface area (Å²) in [5.41, 5.74) is 0.145. The molecular weight excluding hydrogens is 363 g/mol. The van der Waals surface area contributed by atoms with E-state index in [9.17, 15) is 18.0 Å². The summed E-state index contributed by atoms with van der Waals surface area (Å²) in [6, 6.07) is 19.9. The van der Waals surface area contributed by atoms with Gasteiger partial charge in [0.15, 0.2) is 0 Å². The Balaban J connectivity index is 2.14. The molecule has 2 nitrogen and oxygen atoms in total. The van der Waals surface area contributed by atoms with E-state index in [1.54, 1.807) is 30.3 Å². The SMILES string of the molecule is C=C(c1c(-c2ccc3ccccc3c2)c2ccccc2n1C(C)=O)C(F)(F)F. The normalized spacial score (nSPS) is 11.9. The molecule has 0 N–H and O–H groups in total. The topological polar surface area (TPSA) is 22.0 Å². The predicted molar refractivity (Wildman–Crippen MR) is 106 cm³/mol. The maximum atomic E-state index is 13.6. The lowest BCUT2D eigenvalue weighted by Gasteiger charge is -2.15. The van der Waals surface area contributed by atoms with Gasteiger partial charge in [-0.25, -0.2) is 0 Å². The number of rotatable bonds is 2. The van der Waals surface area contributed by atoms with Crippen molar-refractivity contribution in [1.29, 1.82) is 0 Å². The minimum absolute atomic E-state index is 0.212. The molecule has 0 fully saturated rings. The molecule has 0 bridgehead atoms. The van der Waals surface area contributed by atoms with Crippen molar-refractivity contribution in [3.63, 3.8) is 0 Å². The summed E-state index contributed by atoms with van der Waals surface area (Å²) in [4.78, 5) is 12.3. The van der Waals surface area contributed by atoms with E-state index >= 15 is 0 Å². The fourth-order valence-corrected chi connectivity index (χ4v) is 3.62. The van der Waals surface area contributed by atoms with Crippen LogP contribution >= 0.6 is 0 Å². The molecule has 140 valence electrons. The van der Waals surface area contributed by atoms with Gasteiger partial charge in [0.1, 0.15) is 0 Å². The first-order chi connectivity index (χ1) is 13.3. The quantitative estimate of drug-likeness (QED) is 0.380. The third kappa shape index (κ3) is 2.80. The molecule has 4 aromatic rings. The Morgan fingerprint density at radius 3 is 2.25 bits per heavy atom. The first-order valence-corrected chi connectivity index (χ1v) is 8.69. The van der Waals surface area contributed by atoms with Crippen LogP contribution in [0, 0.1) is 0 Å². The molecule has 0 atom stereocenters. The van der Waals surface area contributed by atoms with Crippen molar-refractivity contribution >= 4 is 33.2 Å². The molecule has 4 rings (SSSR count). The van der Waals surface area contributed by atoms with E-state index in [0.717, 1.165) is 15.3 Å². The van der Waals surface area contributed by atoms with Crippen molar-refractivity contribution in [2.75, 3.05) is 0 Å². The summed E-state index contributed by atoms with van der Waals surface area (Å²) in [5.74, 6) is -0.497. The molecule has 0 saturated heterocycles. The first kappa shape index (κ1) is 18.0. The Labute approximate surface area is 159 Å². The van der Waals surface area contributed by atoms with E-state index in [2.05, 4.69) is 6.58 Å². The van der Waals surface area contributed by atoms with Gasteiger partial charge in [-0.3, -0.25) is 9.36 Å². The average molecular weight is 379 g/mol. The van der Waals surface area contributed by atoms with Gasteiger partial charge < -0.3 is 0 Å². The fourth-order valence-electron chi connectivity index (χ4n) is 3.62. The van der Waals surface area contributed by atoms with Gasteiger partial charge in [-0.1, -0.05) is 61.2 Å². The second kappa shape index (κ2) is 6.37. The Morgan fingerprint density at radius 1 is 0.929 bits per heavy atom. The van der Waals surface area contributed by atoms with Gasteiger partial charge in [-0.2, -0.15) is 13.2 Å². The third-order valence-electron chi connectivity index (χ3n) is 4.86. The zero-order valence-corrected chi connectivity index (χ0v) is 15.0. The van der Waals surface area contributed by atoms with E-state index in [4.69, 9.17) is 0 Å². The lowest BCUT2D eigenvalue weighted by Crippen LogP contribution is -2.17. The van der Waals surface area contributed by atoms with E-state index in [1.165, 1.54) is 6.92 Å². The number of para-hydroxylation sites is 1. The number of benzene rings is 3. The molecule has 0 saturated carbocycles. The molecule has 0 aliphatic carbocycles. The van der Waals surface area contributed by atoms with Crippen LogP contribution in [0.15, 0.2) is 73.3 Å². The number of aromatic nitrogens is 1. The molecule has 0 aliphatic heterocycles. The van der Waals surface area contributed by atoms with Crippen LogP contribution in [0.5, 0.6) is 0 Å². The number of hydrogen-bond acceptors (Lipinski definition) is 1. The van der Waals surface area contributed by atoms with Crippen molar-refractivity contribution in [2.24, 2.45) is 0 Å². The molecule has 5 heteroatoms. The highest BCUT2D eigenvalue weighted by Crippen LogP contribution is 2.43. The number of hydrogen-bond donors (Lipinski definition) is 0. The van der Waals surface area contributed by atoms with Gasteiger partial charge in [-0.05, 0) is 28.5 Å². The summed E-state index contributed by atoms with van der Waals surface area (Å²) in [6.45, 7) is 4.54. The number of fused-ring (bicyclic) bond motifs is 2. The molecule has 0 unspecified atom stereocenters. The van der Waals surface area contributed by atoms with Crippen LogP contribution in [0.3, 0.4) is 0 Å². The second-order valence-electron chi connectivity index (χ2n) is 6.63. The predicted octanol–water partition coefficient (Wildman–Crippen LogP) is 6.70.